The van der Waals surface area contributed by atoms with Gasteiger partial charge in [-0.25, -0.2) is 9.67 Å². The lowest BCUT2D eigenvalue weighted by molar-refractivity contribution is -0.117. The Hall–Kier alpha value is -2.78. The zero-order chi connectivity index (χ0) is 20.8. The third kappa shape index (κ3) is 5.85. The molecule has 3 aromatic rings. The zero-order valence-corrected chi connectivity index (χ0v) is 16.8. The second kappa shape index (κ2) is 9.62. The van der Waals surface area contributed by atoms with E-state index in [1.54, 1.807) is 35.3 Å². The van der Waals surface area contributed by atoms with Crippen molar-refractivity contribution in [2.24, 2.45) is 0 Å². The van der Waals surface area contributed by atoms with Crippen LogP contribution in [0.1, 0.15) is 18.5 Å². The summed E-state index contributed by atoms with van der Waals surface area (Å²) < 4.78 is 26.4. The van der Waals surface area contributed by atoms with E-state index >= 15 is 0 Å². The van der Waals surface area contributed by atoms with E-state index < -0.39 is 5.76 Å². The first-order valence-electron chi connectivity index (χ1n) is 8.92. The smallest absolute Gasteiger partial charge is 0.288 e. The normalized spacial score (nSPS) is 12.3. The first-order valence-corrected chi connectivity index (χ1v) is 9.80. The van der Waals surface area contributed by atoms with Crippen LogP contribution in [0.2, 0.25) is 0 Å². The number of aromatic nitrogens is 3. The highest BCUT2D eigenvalue weighted by Gasteiger charge is 2.15. The summed E-state index contributed by atoms with van der Waals surface area (Å²) in [5.74, 6) is -2.64. The molecule has 1 N–H and O–H groups in total. The summed E-state index contributed by atoms with van der Waals surface area (Å²) in [4.78, 5) is 18.7. The molecule has 1 atom stereocenters. The summed E-state index contributed by atoms with van der Waals surface area (Å²) in [6, 6.07) is 14.3. The number of rotatable bonds is 8. The lowest BCUT2D eigenvalue weighted by atomic mass is 10.1. The van der Waals surface area contributed by atoms with E-state index in [4.69, 9.17) is 0 Å². The van der Waals surface area contributed by atoms with E-state index in [-0.39, 0.29) is 18.5 Å². The molecule has 0 saturated heterocycles. The van der Waals surface area contributed by atoms with Crippen molar-refractivity contribution in [2.45, 2.75) is 23.6 Å². The molecular formula is C20H21F2N5OS. The molecule has 0 aliphatic rings. The molecule has 0 aliphatic carbocycles. The highest BCUT2D eigenvalue weighted by atomic mass is 32.2. The van der Waals surface area contributed by atoms with E-state index in [0.717, 1.165) is 11.3 Å². The Morgan fingerprint density at radius 3 is 2.45 bits per heavy atom. The van der Waals surface area contributed by atoms with Crippen LogP contribution >= 0.6 is 11.8 Å². The van der Waals surface area contributed by atoms with Crippen LogP contribution in [0.15, 0.2) is 66.1 Å². The Morgan fingerprint density at radius 1 is 1.17 bits per heavy atom. The molecule has 1 aromatic heterocycles. The molecule has 3 rings (SSSR count). The van der Waals surface area contributed by atoms with Crippen LogP contribution in [0, 0.1) is 0 Å². The molecule has 1 unspecified atom stereocenters. The number of nitrogens with zero attached hydrogens (tertiary/aromatic N) is 4. The Bertz CT molecular complexity index is 917. The SMILES string of the molecule is CC(c1ccc(-n2cncn2)cc1)N(C)CC(=O)Nc1ccc(SC(F)F)cc1. The van der Waals surface area contributed by atoms with Crippen molar-refractivity contribution in [3.8, 4) is 5.69 Å². The molecule has 6 nitrogen and oxygen atoms in total. The molecule has 9 heteroatoms. The predicted molar refractivity (Wildman–Crippen MR) is 109 cm³/mol. The largest absolute Gasteiger partial charge is 0.325 e. The van der Waals surface area contributed by atoms with Crippen molar-refractivity contribution in [2.75, 3.05) is 18.9 Å². The number of alkyl halides is 2. The molecule has 1 amide bonds. The van der Waals surface area contributed by atoms with E-state index in [9.17, 15) is 13.6 Å². The quantitative estimate of drug-likeness (QED) is 0.556. The van der Waals surface area contributed by atoms with E-state index in [1.807, 2.05) is 43.1 Å². The topological polar surface area (TPSA) is 63.1 Å². The van der Waals surface area contributed by atoms with Gasteiger partial charge in [-0.3, -0.25) is 9.69 Å². The summed E-state index contributed by atoms with van der Waals surface area (Å²) in [5, 5.41) is 6.89. The number of carbonyl (C=O) groups excluding carboxylic acids is 1. The number of likely N-dealkylation sites (N-methyl/N-ethyl adjacent to an activating group) is 1. The fourth-order valence-corrected chi connectivity index (χ4v) is 3.28. The van der Waals surface area contributed by atoms with Crippen molar-refractivity contribution in [1.82, 2.24) is 19.7 Å². The molecule has 1 heterocycles. The fourth-order valence-electron chi connectivity index (χ4n) is 2.79. The van der Waals surface area contributed by atoms with Crippen LogP contribution in [0.3, 0.4) is 0 Å². The van der Waals surface area contributed by atoms with Crippen molar-refractivity contribution in [3.05, 3.63) is 66.7 Å². The second-order valence-electron chi connectivity index (χ2n) is 6.47. The van der Waals surface area contributed by atoms with Crippen LogP contribution < -0.4 is 5.32 Å². The average Bonchev–Trinajstić information content (AvgIpc) is 3.23. The fraction of sp³-hybridized carbons (Fsp3) is 0.250. The van der Waals surface area contributed by atoms with Gasteiger partial charge in [-0.05, 0) is 55.9 Å². The predicted octanol–water partition coefficient (Wildman–Crippen LogP) is 4.21. The minimum absolute atomic E-state index is 0.0235. The molecule has 0 bridgehead atoms. The Morgan fingerprint density at radius 2 is 1.86 bits per heavy atom. The lowest BCUT2D eigenvalue weighted by Crippen LogP contribution is -2.32. The van der Waals surface area contributed by atoms with Crippen molar-refractivity contribution >= 4 is 23.4 Å². The Labute approximate surface area is 171 Å². The number of thioether (sulfide) groups is 1. The minimum Gasteiger partial charge on any atom is -0.325 e. The van der Waals surface area contributed by atoms with Gasteiger partial charge >= 0.3 is 0 Å². The van der Waals surface area contributed by atoms with Crippen LogP contribution in [-0.4, -0.2) is 44.9 Å². The van der Waals surface area contributed by atoms with Crippen molar-refractivity contribution < 1.29 is 13.6 Å². The number of nitrogens with one attached hydrogen (secondary N) is 1. The molecular weight excluding hydrogens is 396 g/mol. The first kappa shape index (κ1) is 20.9. The summed E-state index contributed by atoms with van der Waals surface area (Å²) in [6.07, 6.45) is 3.11. The number of amides is 1. The van der Waals surface area contributed by atoms with Crippen LogP contribution in [0.25, 0.3) is 5.69 Å². The first-order chi connectivity index (χ1) is 13.9. The molecule has 2 aromatic carbocycles. The molecule has 0 saturated carbocycles. The van der Waals surface area contributed by atoms with Gasteiger partial charge in [-0.1, -0.05) is 23.9 Å². The summed E-state index contributed by atoms with van der Waals surface area (Å²) in [5.41, 5.74) is 2.55. The molecule has 0 spiro atoms. The van der Waals surface area contributed by atoms with Crippen molar-refractivity contribution in [3.63, 3.8) is 0 Å². The molecule has 0 fully saturated rings. The highest BCUT2D eigenvalue weighted by molar-refractivity contribution is 7.99. The monoisotopic (exact) mass is 417 g/mol. The van der Waals surface area contributed by atoms with Gasteiger partial charge in [0, 0.05) is 16.6 Å². The maximum Gasteiger partial charge on any atom is 0.288 e. The maximum atomic E-state index is 12.4. The number of carbonyl (C=O) groups is 1. The van der Waals surface area contributed by atoms with E-state index in [1.165, 1.54) is 6.33 Å². The van der Waals surface area contributed by atoms with Crippen LogP contribution in [0.5, 0.6) is 0 Å². The summed E-state index contributed by atoms with van der Waals surface area (Å²) in [6.45, 7) is 2.22. The number of hydrogen-bond donors (Lipinski definition) is 1. The van der Waals surface area contributed by atoms with Gasteiger partial charge in [0.25, 0.3) is 5.76 Å². The number of halogens is 2. The number of anilines is 1. The average molecular weight is 417 g/mol. The third-order valence-corrected chi connectivity index (χ3v) is 5.20. The molecule has 0 aliphatic heterocycles. The van der Waals surface area contributed by atoms with Gasteiger partial charge in [-0.2, -0.15) is 13.9 Å². The molecule has 152 valence electrons. The second-order valence-corrected chi connectivity index (χ2v) is 7.54. The minimum atomic E-state index is -2.46. The summed E-state index contributed by atoms with van der Waals surface area (Å²) >= 11 is 0.475. The van der Waals surface area contributed by atoms with Gasteiger partial charge in [0.2, 0.25) is 5.91 Å². The number of benzene rings is 2. The zero-order valence-electron chi connectivity index (χ0n) is 16.0. The van der Waals surface area contributed by atoms with Crippen LogP contribution in [0.4, 0.5) is 14.5 Å². The van der Waals surface area contributed by atoms with Gasteiger partial charge in [-0.15, -0.1) is 0 Å². The van der Waals surface area contributed by atoms with Gasteiger partial charge in [0.05, 0.1) is 12.2 Å². The van der Waals surface area contributed by atoms with E-state index in [0.29, 0.717) is 22.3 Å². The summed E-state index contributed by atoms with van der Waals surface area (Å²) in [7, 11) is 1.87. The van der Waals surface area contributed by atoms with Gasteiger partial charge < -0.3 is 5.32 Å². The third-order valence-electron chi connectivity index (χ3n) is 4.48. The lowest BCUT2D eigenvalue weighted by Gasteiger charge is -2.24. The van der Waals surface area contributed by atoms with Crippen LogP contribution in [-0.2, 0) is 4.79 Å². The van der Waals surface area contributed by atoms with Crippen molar-refractivity contribution in [1.29, 1.82) is 0 Å². The Kier molecular flexibility index (Phi) is 6.95. The highest BCUT2D eigenvalue weighted by Crippen LogP contribution is 2.26. The van der Waals surface area contributed by atoms with Gasteiger partial charge in [0.15, 0.2) is 0 Å². The van der Waals surface area contributed by atoms with E-state index in [2.05, 4.69) is 15.4 Å². The standard InChI is InChI=1S/C20H21F2N5OS/c1-14(15-3-7-17(8-4-15)27-13-23-12-24-27)26(2)11-19(28)25-16-5-9-18(10-6-16)29-20(21)22/h3-10,12-14,20H,11H2,1-2H3,(H,25,28). The molecule has 29 heavy (non-hydrogen) atoms. The molecule has 0 radical (unpaired) electrons. The Balaban J connectivity index is 1.54. The maximum absolute atomic E-state index is 12.4. The number of hydrogen-bond acceptors (Lipinski definition) is 5. The van der Waals surface area contributed by atoms with Gasteiger partial charge in [0.1, 0.15) is 12.7 Å².